The van der Waals surface area contributed by atoms with Gasteiger partial charge >= 0.3 is 131 Å². The first-order chi connectivity index (χ1) is 17.0. The van der Waals surface area contributed by atoms with Gasteiger partial charge in [0.15, 0.2) is 11.2 Å². The van der Waals surface area contributed by atoms with E-state index >= 15 is 0 Å². The molecule has 0 bridgehead atoms. The molecule has 0 fully saturated rings. The van der Waals surface area contributed by atoms with Crippen LogP contribution < -0.4 is 30.6 Å². The molecule has 4 N–H and O–H groups in total. The molecule has 1 unspecified atom stereocenters. The summed E-state index contributed by atoms with van der Waals surface area (Å²) < 4.78 is 4.19. The fraction of sp³-hybridized carbons (Fsp3) is 0.500. The molecule has 0 saturated heterocycles. The van der Waals surface area contributed by atoms with Gasteiger partial charge in [-0.1, -0.05) is 0 Å². The van der Waals surface area contributed by atoms with Crippen molar-refractivity contribution in [1.82, 2.24) is 0 Å². The zero-order chi connectivity index (χ0) is 30.6. The maximum atomic E-state index is 11.7. The molecular weight excluding hydrogens is 656 g/mol. The van der Waals surface area contributed by atoms with Crippen LogP contribution in [0.3, 0.4) is 0 Å². The summed E-state index contributed by atoms with van der Waals surface area (Å²) >= 11 is 0. The standard InChI is InChI=1S/C12H14O13.C6H8O7.3Ca/c13-5(14)1-11(24,9(20)21)4-8(19)25-12(10(22)23,2-6(15)16)3-7(17)18;7-3(8)1-6(13,5(11)12)2-4(9)10;;;/h24H,1-4H2,(H,13,14)(H,15,16)(H,17,18)(H,20,21)(H,22,23);13H,1-2H2,(H,7,8)(H,9,10)(H,11,12);;;/q;;3*+2/p-6. The van der Waals surface area contributed by atoms with Gasteiger partial charge in [0, 0.05) is 49.6 Å². The third-order valence-corrected chi connectivity index (χ3v) is 4.07. The van der Waals surface area contributed by atoms with E-state index in [1.165, 1.54) is 0 Å². The predicted octanol–water partition coefficient (Wildman–Crippen LogP) is -12.4. The van der Waals surface area contributed by atoms with Gasteiger partial charge in [0.05, 0.1) is 24.8 Å². The van der Waals surface area contributed by atoms with Crippen molar-refractivity contribution in [2.24, 2.45) is 0 Å². The van der Waals surface area contributed by atoms with Crippen LogP contribution in [0.5, 0.6) is 0 Å². The second-order valence-electron chi connectivity index (χ2n) is 7.35. The summed E-state index contributed by atoms with van der Waals surface area (Å²) in [6, 6.07) is 0. The summed E-state index contributed by atoms with van der Waals surface area (Å²) in [6.07, 6.45) is -9.19. The molecule has 0 aliphatic rings. The van der Waals surface area contributed by atoms with Crippen molar-refractivity contribution in [2.45, 2.75) is 55.3 Å². The van der Waals surface area contributed by atoms with E-state index < -0.39 is 109 Å². The molecule has 0 aliphatic heterocycles. The molecule has 0 aromatic rings. The number of aliphatic hydroxyl groups is 2. The SMILES string of the molecule is O=C([O-])CC(CC(=O)[O-])(OC(=O)CC(O)(CC(=O)O)C(=O)O)C(=O)[O-].O=C([O-])CC(O)(CC(=O)[O-])C(=O)[O-].[Ca+2].[Ca+2].[Ca+2]. The van der Waals surface area contributed by atoms with Gasteiger partial charge in [-0.05, 0) is 0 Å². The number of aliphatic carboxylic acids is 8. The van der Waals surface area contributed by atoms with Crippen LogP contribution in [0.4, 0.5) is 0 Å². The Kier molecular flexibility index (Phi) is 26.1. The molecule has 20 nitrogen and oxygen atoms in total. The van der Waals surface area contributed by atoms with Gasteiger partial charge in [-0.25, -0.2) is 4.79 Å². The van der Waals surface area contributed by atoms with Crippen molar-refractivity contribution in [1.29, 1.82) is 0 Å². The van der Waals surface area contributed by atoms with E-state index in [0.29, 0.717) is 0 Å². The molecular formula is C18H16Ca3O20. The second kappa shape index (κ2) is 21.6. The van der Waals surface area contributed by atoms with Crippen molar-refractivity contribution in [3.8, 4) is 0 Å². The molecule has 0 aliphatic carbocycles. The Morgan fingerprint density at radius 1 is 0.512 bits per heavy atom. The minimum absolute atomic E-state index is 0. The Balaban J connectivity index is -0.000000231. The van der Waals surface area contributed by atoms with Gasteiger partial charge in [-0.2, -0.15) is 0 Å². The van der Waals surface area contributed by atoms with Crippen molar-refractivity contribution >= 4 is 167 Å². The maximum Gasteiger partial charge on any atom is 2.00 e. The van der Waals surface area contributed by atoms with Crippen LogP contribution >= 0.6 is 0 Å². The normalized spacial score (nSPS) is 11.6. The first kappa shape index (κ1) is 49.6. The number of esters is 1. The Morgan fingerprint density at radius 2 is 0.854 bits per heavy atom. The number of carboxylic acids is 8. The van der Waals surface area contributed by atoms with E-state index in [2.05, 4.69) is 4.74 Å². The molecule has 0 rings (SSSR count). The van der Waals surface area contributed by atoms with E-state index in [0.717, 1.165) is 0 Å². The van der Waals surface area contributed by atoms with Crippen LogP contribution in [-0.2, 0) is 47.9 Å². The van der Waals surface area contributed by atoms with Gasteiger partial charge < -0.3 is 84.6 Å². The number of rotatable bonds is 16. The summed E-state index contributed by atoms with van der Waals surface area (Å²) in [5.41, 5.74) is -9.50. The minimum atomic E-state index is -3.31. The fourth-order valence-electron chi connectivity index (χ4n) is 2.43. The minimum Gasteiger partial charge on any atom is -0.550 e. The Labute approximate surface area is 317 Å². The maximum absolute atomic E-state index is 11.7. The molecule has 214 valence electrons. The third kappa shape index (κ3) is 19.7. The molecule has 41 heavy (non-hydrogen) atoms. The van der Waals surface area contributed by atoms with Crippen LogP contribution in [-0.4, -0.2) is 204 Å². The van der Waals surface area contributed by atoms with E-state index in [4.69, 9.17) is 15.3 Å². The number of hydrogen-bond acceptors (Lipinski definition) is 18. The van der Waals surface area contributed by atoms with Crippen LogP contribution in [0.15, 0.2) is 0 Å². The van der Waals surface area contributed by atoms with Gasteiger partial charge in [0.1, 0.15) is 5.60 Å². The molecule has 0 radical (unpaired) electrons. The monoisotopic (exact) mass is 672 g/mol. The second-order valence-corrected chi connectivity index (χ2v) is 7.35. The van der Waals surface area contributed by atoms with Crippen molar-refractivity contribution in [3.05, 3.63) is 0 Å². The number of hydrogen-bond donors (Lipinski definition) is 4. The van der Waals surface area contributed by atoms with Crippen molar-refractivity contribution in [3.63, 3.8) is 0 Å². The molecule has 0 aromatic carbocycles. The summed E-state index contributed by atoms with van der Waals surface area (Å²) in [6.45, 7) is 0. The van der Waals surface area contributed by atoms with Gasteiger partial charge in [0.2, 0.25) is 0 Å². The Morgan fingerprint density at radius 3 is 1.07 bits per heavy atom. The summed E-state index contributed by atoms with van der Waals surface area (Å²) in [5.74, 6) is -18.7. The van der Waals surface area contributed by atoms with E-state index in [9.17, 15) is 78.9 Å². The van der Waals surface area contributed by atoms with Crippen LogP contribution in [0, 0.1) is 0 Å². The van der Waals surface area contributed by atoms with E-state index in [1.807, 2.05) is 0 Å². The zero-order valence-electron chi connectivity index (χ0n) is 20.7. The molecule has 0 aromatic heterocycles. The average molecular weight is 673 g/mol. The van der Waals surface area contributed by atoms with E-state index in [1.54, 1.807) is 0 Å². The van der Waals surface area contributed by atoms with E-state index in [-0.39, 0.29) is 113 Å². The van der Waals surface area contributed by atoms with Crippen LogP contribution in [0.25, 0.3) is 0 Å². The average Bonchev–Trinajstić information content (AvgIpc) is 2.64. The molecule has 1 atom stereocenters. The van der Waals surface area contributed by atoms with Crippen LogP contribution in [0.1, 0.15) is 38.5 Å². The quantitative estimate of drug-likeness (QED) is 0.0873. The third-order valence-electron chi connectivity index (χ3n) is 4.07. The number of carboxylic acid groups (broad SMARTS) is 8. The van der Waals surface area contributed by atoms with Gasteiger partial charge in [0.25, 0.3) is 0 Å². The van der Waals surface area contributed by atoms with Gasteiger partial charge in [-0.3, -0.25) is 9.59 Å². The number of ether oxygens (including phenoxy) is 1. The number of carbonyl (C=O) groups excluding carboxylic acids is 7. The first-order valence-corrected chi connectivity index (χ1v) is 9.36. The Bertz CT molecular complexity index is 977. The largest absolute Gasteiger partial charge is 2.00 e. The fourth-order valence-corrected chi connectivity index (χ4v) is 2.43. The van der Waals surface area contributed by atoms with Crippen molar-refractivity contribution < 1.29 is 99.0 Å². The molecule has 0 saturated carbocycles. The summed E-state index contributed by atoms with van der Waals surface area (Å²) in [4.78, 5) is 95.3. The first-order valence-electron chi connectivity index (χ1n) is 9.36. The topological polar surface area (TPSA) is 382 Å². The molecule has 23 heteroatoms. The number of carbonyl (C=O) groups is 9. The molecule has 0 amide bonds. The molecule has 0 heterocycles. The van der Waals surface area contributed by atoms with Gasteiger partial charge in [-0.15, -0.1) is 0 Å². The summed E-state index contributed by atoms with van der Waals surface area (Å²) in [7, 11) is 0. The summed E-state index contributed by atoms with van der Waals surface area (Å²) in [5, 5.41) is 98.1. The molecule has 0 spiro atoms. The smallest absolute Gasteiger partial charge is 0.550 e. The van der Waals surface area contributed by atoms with Crippen LogP contribution in [0.2, 0.25) is 0 Å². The van der Waals surface area contributed by atoms with Crippen molar-refractivity contribution in [2.75, 3.05) is 0 Å². The predicted molar refractivity (Wildman–Crippen MR) is 109 cm³/mol. The zero-order valence-corrected chi connectivity index (χ0v) is 27.3. The Hall–Kier alpha value is -1.07.